The number of hydrogen-bond acceptors (Lipinski definition) is 4. The average Bonchev–Trinajstić information content (AvgIpc) is 2.97. The van der Waals surface area contributed by atoms with E-state index in [4.69, 9.17) is 0 Å². The predicted octanol–water partition coefficient (Wildman–Crippen LogP) is 4.41. The summed E-state index contributed by atoms with van der Waals surface area (Å²) in [4.78, 5) is 12.2. The Morgan fingerprint density at radius 1 is 1.22 bits per heavy atom. The fraction of sp³-hybridized carbons (Fsp3) is 0.167. The third-order valence-corrected chi connectivity index (χ3v) is 5.28. The Hall–Kier alpha value is -2.26. The van der Waals surface area contributed by atoms with Crippen molar-refractivity contribution in [2.75, 3.05) is 11.1 Å². The molecular formula is C18H15BrF2N4OS. The number of anilines is 1. The molecule has 0 unspecified atom stereocenters. The van der Waals surface area contributed by atoms with Crippen molar-refractivity contribution in [1.29, 1.82) is 0 Å². The van der Waals surface area contributed by atoms with Crippen LogP contribution in [-0.2, 0) is 11.3 Å². The first-order chi connectivity index (χ1) is 12.9. The molecule has 140 valence electrons. The van der Waals surface area contributed by atoms with Crippen LogP contribution in [0.15, 0.2) is 52.1 Å². The van der Waals surface area contributed by atoms with Crippen molar-refractivity contribution in [3.05, 3.63) is 70.0 Å². The molecule has 1 N–H and O–H groups in total. The normalized spacial score (nSPS) is 10.8. The summed E-state index contributed by atoms with van der Waals surface area (Å²) in [6, 6.07) is 11.6. The first kappa shape index (κ1) is 19.5. The molecule has 0 spiro atoms. The highest BCUT2D eigenvalue weighted by atomic mass is 79.9. The summed E-state index contributed by atoms with van der Waals surface area (Å²) in [5.74, 6) is -1.26. The summed E-state index contributed by atoms with van der Waals surface area (Å²) in [5.41, 5.74) is 0.993. The molecule has 27 heavy (non-hydrogen) atoms. The second kappa shape index (κ2) is 8.62. The SMILES string of the molecule is Cc1nnc(SCC(=O)Nc2c(F)cc(F)cc2Br)n1Cc1ccccc1. The highest BCUT2D eigenvalue weighted by Gasteiger charge is 2.15. The molecule has 0 aliphatic rings. The first-order valence-corrected chi connectivity index (χ1v) is 9.73. The van der Waals surface area contributed by atoms with Crippen molar-refractivity contribution < 1.29 is 13.6 Å². The summed E-state index contributed by atoms with van der Waals surface area (Å²) >= 11 is 4.24. The van der Waals surface area contributed by atoms with Crippen LogP contribution in [0, 0.1) is 18.6 Å². The number of rotatable bonds is 6. The standard InChI is InChI=1S/C18H15BrF2N4OS/c1-11-23-24-18(25(11)9-12-5-3-2-4-6-12)27-10-16(26)22-17-14(19)7-13(20)8-15(17)21/h2-8H,9-10H2,1H3,(H,22,26). The van der Waals surface area contributed by atoms with Crippen LogP contribution in [0.5, 0.6) is 0 Å². The molecule has 1 aromatic heterocycles. The number of halogens is 3. The molecule has 0 fully saturated rings. The van der Waals surface area contributed by atoms with Gasteiger partial charge in [0.2, 0.25) is 5.91 Å². The number of aromatic nitrogens is 3. The minimum absolute atomic E-state index is 0.0101. The van der Waals surface area contributed by atoms with E-state index >= 15 is 0 Å². The number of nitrogens with zero attached hydrogens (tertiary/aromatic N) is 3. The highest BCUT2D eigenvalue weighted by molar-refractivity contribution is 9.10. The van der Waals surface area contributed by atoms with Gasteiger partial charge in [-0.25, -0.2) is 8.78 Å². The van der Waals surface area contributed by atoms with Crippen LogP contribution in [-0.4, -0.2) is 26.4 Å². The average molecular weight is 453 g/mol. The fourth-order valence-corrected chi connectivity index (χ4v) is 3.67. The summed E-state index contributed by atoms with van der Waals surface area (Å²) in [5, 5.41) is 11.2. The molecule has 0 radical (unpaired) electrons. The van der Waals surface area contributed by atoms with Gasteiger partial charge >= 0.3 is 0 Å². The zero-order valence-electron chi connectivity index (χ0n) is 14.2. The maximum atomic E-state index is 13.8. The fourth-order valence-electron chi connectivity index (χ4n) is 2.38. The Morgan fingerprint density at radius 3 is 2.67 bits per heavy atom. The topological polar surface area (TPSA) is 59.8 Å². The van der Waals surface area contributed by atoms with E-state index in [2.05, 4.69) is 31.4 Å². The molecule has 3 aromatic rings. The molecule has 3 rings (SSSR count). The zero-order chi connectivity index (χ0) is 19.4. The molecule has 0 saturated carbocycles. The van der Waals surface area contributed by atoms with Crippen LogP contribution in [0.3, 0.4) is 0 Å². The van der Waals surface area contributed by atoms with E-state index in [1.807, 2.05) is 41.8 Å². The molecule has 1 heterocycles. The van der Waals surface area contributed by atoms with Crippen LogP contribution < -0.4 is 5.32 Å². The summed E-state index contributed by atoms with van der Waals surface area (Å²) in [6.45, 7) is 2.42. The second-order valence-corrected chi connectivity index (χ2v) is 7.48. The van der Waals surface area contributed by atoms with Crippen molar-refractivity contribution in [2.24, 2.45) is 0 Å². The molecule has 0 bridgehead atoms. The number of aryl methyl sites for hydroxylation is 1. The van der Waals surface area contributed by atoms with E-state index < -0.39 is 17.5 Å². The van der Waals surface area contributed by atoms with E-state index in [0.717, 1.165) is 17.5 Å². The Morgan fingerprint density at radius 2 is 1.96 bits per heavy atom. The van der Waals surface area contributed by atoms with E-state index in [0.29, 0.717) is 17.8 Å². The maximum Gasteiger partial charge on any atom is 0.234 e. The number of amides is 1. The minimum Gasteiger partial charge on any atom is -0.322 e. The van der Waals surface area contributed by atoms with Gasteiger partial charge in [-0.05, 0) is 34.5 Å². The van der Waals surface area contributed by atoms with Gasteiger partial charge < -0.3 is 9.88 Å². The third kappa shape index (κ3) is 4.92. The van der Waals surface area contributed by atoms with Gasteiger partial charge in [-0.15, -0.1) is 10.2 Å². The molecule has 9 heteroatoms. The van der Waals surface area contributed by atoms with Crippen LogP contribution in [0.2, 0.25) is 0 Å². The molecule has 1 amide bonds. The van der Waals surface area contributed by atoms with Crippen LogP contribution >= 0.6 is 27.7 Å². The van der Waals surface area contributed by atoms with Crippen molar-refractivity contribution in [2.45, 2.75) is 18.6 Å². The quantitative estimate of drug-likeness (QED) is 0.562. The Bertz CT molecular complexity index is 942. The Kier molecular flexibility index (Phi) is 6.22. The Labute approximate surface area is 167 Å². The van der Waals surface area contributed by atoms with Gasteiger partial charge in [0.1, 0.15) is 11.6 Å². The number of carbonyl (C=O) groups excluding carboxylic acids is 1. The highest BCUT2D eigenvalue weighted by Crippen LogP contribution is 2.27. The van der Waals surface area contributed by atoms with Gasteiger partial charge in [0, 0.05) is 10.5 Å². The number of hydrogen-bond donors (Lipinski definition) is 1. The first-order valence-electron chi connectivity index (χ1n) is 7.95. The zero-order valence-corrected chi connectivity index (χ0v) is 16.7. The largest absolute Gasteiger partial charge is 0.322 e. The van der Waals surface area contributed by atoms with Gasteiger partial charge in [-0.2, -0.15) is 0 Å². The predicted molar refractivity (Wildman–Crippen MR) is 104 cm³/mol. The van der Waals surface area contributed by atoms with Crippen LogP contribution in [0.4, 0.5) is 14.5 Å². The summed E-state index contributed by atoms with van der Waals surface area (Å²) in [6.07, 6.45) is 0. The lowest BCUT2D eigenvalue weighted by molar-refractivity contribution is -0.113. The van der Waals surface area contributed by atoms with E-state index in [1.54, 1.807) is 0 Å². The van der Waals surface area contributed by atoms with Gasteiger partial charge in [0.15, 0.2) is 11.0 Å². The van der Waals surface area contributed by atoms with Crippen molar-refractivity contribution in [1.82, 2.24) is 14.8 Å². The lowest BCUT2D eigenvalue weighted by Gasteiger charge is -2.10. The summed E-state index contributed by atoms with van der Waals surface area (Å²) in [7, 11) is 0. The van der Waals surface area contributed by atoms with Gasteiger partial charge in [-0.1, -0.05) is 42.1 Å². The monoisotopic (exact) mass is 452 g/mol. The smallest absolute Gasteiger partial charge is 0.234 e. The molecule has 5 nitrogen and oxygen atoms in total. The summed E-state index contributed by atoms with van der Waals surface area (Å²) < 4.78 is 29.0. The van der Waals surface area contributed by atoms with Crippen molar-refractivity contribution in [3.63, 3.8) is 0 Å². The van der Waals surface area contributed by atoms with E-state index in [-0.39, 0.29) is 15.9 Å². The number of carbonyl (C=O) groups is 1. The van der Waals surface area contributed by atoms with Crippen LogP contribution in [0.1, 0.15) is 11.4 Å². The second-order valence-electron chi connectivity index (χ2n) is 5.68. The molecular weight excluding hydrogens is 438 g/mol. The molecule has 2 aromatic carbocycles. The van der Waals surface area contributed by atoms with E-state index in [9.17, 15) is 13.6 Å². The molecule has 0 atom stereocenters. The lowest BCUT2D eigenvalue weighted by atomic mass is 10.2. The number of thioether (sulfide) groups is 1. The molecule has 0 aliphatic heterocycles. The lowest BCUT2D eigenvalue weighted by Crippen LogP contribution is -2.16. The third-order valence-electron chi connectivity index (χ3n) is 3.69. The maximum absolute atomic E-state index is 13.8. The minimum atomic E-state index is -0.844. The van der Waals surface area contributed by atoms with Gasteiger partial charge in [-0.3, -0.25) is 4.79 Å². The molecule has 0 saturated heterocycles. The van der Waals surface area contributed by atoms with Crippen molar-refractivity contribution >= 4 is 39.3 Å². The number of nitrogens with one attached hydrogen (secondary N) is 1. The van der Waals surface area contributed by atoms with Crippen LogP contribution in [0.25, 0.3) is 0 Å². The van der Waals surface area contributed by atoms with E-state index in [1.165, 1.54) is 11.8 Å². The van der Waals surface area contributed by atoms with Gasteiger partial charge in [0.05, 0.1) is 18.0 Å². The van der Waals surface area contributed by atoms with Gasteiger partial charge in [0.25, 0.3) is 0 Å². The Balaban J connectivity index is 1.66. The van der Waals surface area contributed by atoms with Crippen molar-refractivity contribution in [3.8, 4) is 0 Å². The molecule has 0 aliphatic carbocycles. The number of benzene rings is 2.